The van der Waals surface area contributed by atoms with Crippen molar-refractivity contribution in [1.82, 2.24) is 4.98 Å². The Morgan fingerprint density at radius 2 is 1.71 bits per heavy atom. The second-order valence-corrected chi connectivity index (χ2v) is 9.26. The first-order valence-electron chi connectivity index (χ1n) is 10.6. The molecule has 1 amide bonds. The van der Waals surface area contributed by atoms with Crippen LogP contribution in [0.2, 0.25) is 5.02 Å². The van der Waals surface area contributed by atoms with Crippen LogP contribution in [0.4, 0.5) is 15.1 Å². The van der Waals surface area contributed by atoms with Crippen molar-refractivity contribution in [3.63, 3.8) is 0 Å². The number of halogens is 2. The second-order valence-electron chi connectivity index (χ2n) is 7.82. The van der Waals surface area contributed by atoms with Crippen LogP contribution in [0.25, 0.3) is 22.9 Å². The van der Waals surface area contributed by atoms with Crippen LogP contribution in [0.3, 0.4) is 0 Å². The predicted octanol–water partition coefficient (Wildman–Crippen LogP) is 6.99. The van der Waals surface area contributed by atoms with Crippen molar-refractivity contribution in [2.75, 3.05) is 24.3 Å². The Morgan fingerprint density at radius 1 is 1.06 bits per heavy atom. The number of benzene rings is 3. The lowest BCUT2D eigenvalue weighted by Gasteiger charge is -2.11. The van der Waals surface area contributed by atoms with Crippen LogP contribution < -0.4 is 10.2 Å². The third-order valence-corrected chi connectivity index (χ3v) is 6.41. The molecule has 0 radical (unpaired) electrons. The van der Waals surface area contributed by atoms with Gasteiger partial charge in [-0.1, -0.05) is 35.1 Å². The molecule has 0 aliphatic rings. The molecule has 8 heteroatoms. The number of nitrogens with zero attached hydrogens (tertiary/aromatic N) is 3. The molecule has 1 aromatic heterocycles. The lowest BCUT2D eigenvalue weighted by atomic mass is 10.1. The summed E-state index contributed by atoms with van der Waals surface area (Å²) in [6.07, 6.45) is 1.75. The number of nitriles is 1. The molecule has 0 unspecified atom stereocenters. The van der Waals surface area contributed by atoms with Crippen molar-refractivity contribution < 1.29 is 9.18 Å². The van der Waals surface area contributed by atoms with Gasteiger partial charge in [0, 0.05) is 35.9 Å². The monoisotopic (exact) mass is 502 g/mol. The van der Waals surface area contributed by atoms with E-state index in [1.165, 1.54) is 23.5 Å². The zero-order valence-electron chi connectivity index (χ0n) is 18.9. The minimum Gasteiger partial charge on any atom is -0.378 e. The molecular formula is C27H20ClFN4OS. The van der Waals surface area contributed by atoms with Crippen molar-refractivity contribution >= 4 is 51.2 Å². The summed E-state index contributed by atoms with van der Waals surface area (Å²) in [6, 6.07) is 22.3. The van der Waals surface area contributed by atoms with E-state index in [2.05, 4.69) is 16.4 Å². The largest absolute Gasteiger partial charge is 0.378 e. The minimum absolute atomic E-state index is 0.345. The number of anilines is 2. The van der Waals surface area contributed by atoms with Gasteiger partial charge in [0.1, 0.15) is 27.6 Å². The fourth-order valence-corrected chi connectivity index (χ4v) is 4.35. The summed E-state index contributed by atoms with van der Waals surface area (Å²) in [5.74, 6) is -0.725. The Morgan fingerprint density at radius 3 is 2.31 bits per heavy atom. The van der Waals surface area contributed by atoms with E-state index in [1.54, 1.807) is 42.5 Å². The van der Waals surface area contributed by atoms with Crippen LogP contribution >= 0.6 is 22.9 Å². The fourth-order valence-electron chi connectivity index (χ4n) is 3.28. The first-order valence-corrected chi connectivity index (χ1v) is 11.8. The number of nitrogens with one attached hydrogen (secondary N) is 1. The Labute approximate surface area is 211 Å². The molecule has 0 saturated heterocycles. The number of allylic oxidation sites excluding steroid dienone is 1. The summed E-state index contributed by atoms with van der Waals surface area (Å²) < 4.78 is 13.5. The number of amides is 1. The molecule has 0 atom stereocenters. The highest BCUT2D eigenvalue weighted by Crippen LogP contribution is 2.37. The van der Waals surface area contributed by atoms with Crippen molar-refractivity contribution in [2.45, 2.75) is 0 Å². The average Bonchev–Trinajstić information content (AvgIpc) is 3.27. The number of carbonyl (C=O) groups excluding carboxylic acids is 1. The van der Waals surface area contributed by atoms with Gasteiger partial charge in [0.2, 0.25) is 0 Å². The van der Waals surface area contributed by atoms with Gasteiger partial charge in [0.25, 0.3) is 5.91 Å². The number of hydrogen-bond acceptors (Lipinski definition) is 5. The van der Waals surface area contributed by atoms with Crippen molar-refractivity contribution in [2.24, 2.45) is 0 Å². The fraction of sp³-hybridized carbons (Fsp3) is 0.0741. The summed E-state index contributed by atoms with van der Waals surface area (Å²) in [7, 11) is 3.91. The molecule has 0 bridgehead atoms. The van der Waals surface area contributed by atoms with E-state index >= 15 is 0 Å². The molecule has 0 aliphatic heterocycles. The summed E-state index contributed by atoms with van der Waals surface area (Å²) in [5.41, 5.74) is 3.73. The lowest BCUT2D eigenvalue weighted by Crippen LogP contribution is -2.11. The van der Waals surface area contributed by atoms with E-state index in [1.807, 2.05) is 43.3 Å². The van der Waals surface area contributed by atoms with E-state index < -0.39 is 0 Å². The highest BCUT2D eigenvalue weighted by Gasteiger charge is 2.19. The van der Waals surface area contributed by atoms with Gasteiger partial charge in [-0.25, -0.2) is 9.37 Å². The van der Waals surface area contributed by atoms with Gasteiger partial charge in [-0.05, 0) is 72.3 Å². The maximum absolute atomic E-state index is 13.5. The molecule has 0 spiro atoms. The van der Waals surface area contributed by atoms with Crippen molar-refractivity contribution in [3.05, 3.63) is 99.8 Å². The normalized spacial score (nSPS) is 11.1. The molecule has 1 N–H and O–H groups in total. The number of aromatic nitrogens is 1. The number of thiazole rings is 1. The number of rotatable bonds is 6. The van der Waals surface area contributed by atoms with E-state index in [0.717, 1.165) is 11.3 Å². The van der Waals surface area contributed by atoms with Crippen LogP contribution in [0.1, 0.15) is 20.9 Å². The van der Waals surface area contributed by atoms with E-state index in [0.29, 0.717) is 37.4 Å². The van der Waals surface area contributed by atoms with E-state index in [-0.39, 0.29) is 11.7 Å². The number of carbonyl (C=O) groups is 1. The second kappa shape index (κ2) is 10.5. The van der Waals surface area contributed by atoms with Crippen LogP contribution in [0.15, 0.2) is 72.8 Å². The molecule has 3 aromatic carbocycles. The Hall–Kier alpha value is -3.99. The zero-order chi connectivity index (χ0) is 24.9. The first-order chi connectivity index (χ1) is 16.8. The third kappa shape index (κ3) is 5.75. The molecule has 35 heavy (non-hydrogen) atoms. The van der Waals surface area contributed by atoms with E-state index in [9.17, 15) is 14.4 Å². The summed E-state index contributed by atoms with van der Waals surface area (Å²) in [5, 5.41) is 14.2. The highest BCUT2D eigenvalue weighted by molar-refractivity contribution is 7.17. The predicted molar refractivity (Wildman–Crippen MR) is 141 cm³/mol. The lowest BCUT2D eigenvalue weighted by molar-refractivity contribution is 0.102. The molecular weight excluding hydrogens is 483 g/mol. The molecule has 174 valence electrons. The first kappa shape index (κ1) is 24.1. The van der Waals surface area contributed by atoms with E-state index in [4.69, 9.17) is 11.6 Å². The van der Waals surface area contributed by atoms with Crippen LogP contribution in [-0.2, 0) is 0 Å². The van der Waals surface area contributed by atoms with Gasteiger partial charge >= 0.3 is 0 Å². The van der Waals surface area contributed by atoms with Crippen LogP contribution in [0, 0.1) is 17.1 Å². The van der Waals surface area contributed by atoms with Gasteiger partial charge in [-0.2, -0.15) is 5.26 Å². The molecule has 0 fully saturated rings. The van der Waals surface area contributed by atoms with Crippen LogP contribution in [0.5, 0.6) is 0 Å². The molecule has 4 aromatic rings. The van der Waals surface area contributed by atoms with Gasteiger partial charge < -0.3 is 10.2 Å². The standard InChI is InChI=1S/C27H20ClFN4OS/c1-33(2)23-13-3-17(4-14-23)15-20(16-30)26-31-24(18-7-11-22(29)12-8-18)27(35-26)32-25(34)19-5-9-21(28)10-6-19/h3-15H,1-2H3,(H,32,34). The highest BCUT2D eigenvalue weighted by atomic mass is 35.5. The number of hydrogen-bond donors (Lipinski definition) is 1. The molecule has 4 rings (SSSR count). The molecule has 1 heterocycles. The van der Waals surface area contributed by atoms with Gasteiger partial charge in [-0.15, -0.1) is 0 Å². The summed E-state index contributed by atoms with van der Waals surface area (Å²) in [4.78, 5) is 19.5. The topological polar surface area (TPSA) is 69.0 Å². The quantitative estimate of drug-likeness (QED) is 0.289. The van der Waals surface area contributed by atoms with Crippen molar-refractivity contribution in [1.29, 1.82) is 5.26 Å². The Balaban J connectivity index is 1.73. The molecule has 5 nitrogen and oxygen atoms in total. The maximum Gasteiger partial charge on any atom is 0.256 e. The minimum atomic E-state index is -0.380. The molecule has 0 saturated carbocycles. The summed E-state index contributed by atoms with van der Waals surface area (Å²) >= 11 is 7.11. The Kier molecular flexibility index (Phi) is 7.25. The van der Waals surface area contributed by atoms with Crippen LogP contribution in [-0.4, -0.2) is 25.0 Å². The smallest absolute Gasteiger partial charge is 0.256 e. The SMILES string of the molecule is CN(C)c1ccc(C=C(C#N)c2nc(-c3ccc(F)cc3)c(NC(=O)c3ccc(Cl)cc3)s2)cc1. The Bertz CT molecular complexity index is 1420. The zero-order valence-corrected chi connectivity index (χ0v) is 20.5. The van der Waals surface area contributed by atoms with Gasteiger partial charge in [0.15, 0.2) is 0 Å². The average molecular weight is 503 g/mol. The van der Waals surface area contributed by atoms with Crippen molar-refractivity contribution in [3.8, 4) is 17.3 Å². The van der Waals surface area contributed by atoms with Gasteiger partial charge in [-0.3, -0.25) is 4.79 Å². The molecule has 0 aliphatic carbocycles. The summed E-state index contributed by atoms with van der Waals surface area (Å²) in [6.45, 7) is 0. The maximum atomic E-state index is 13.5. The third-order valence-electron chi connectivity index (χ3n) is 5.15. The van der Waals surface area contributed by atoms with Gasteiger partial charge in [0.05, 0.1) is 5.57 Å².